The molecule has 0 unspecified atom stereocenters. The van der Waals surface area contributed by atoms with Crippen molar-refractivity contribution in [2.75, 3.05) is 6.54 Å². The Bertz CT molecular complexity index is 883. The standard InChI is InChI=1S/C19H20F2IN3O/c1-11-18(12(2)26-24-11)14-5-17-15(3-4-23-8-14)16(22)10-25(17)9-13-6-19(20,21)7-13/h5,8,10,13H,3-4,6-7,9H2,1-2H3. The van der Waals surface area contributed by atoms with Gasteiger partial charge in [0.05, 0.1) is 5.69 Å². The maximum absolute atomic E-state index is 13.2. The van der Waals surface area contributed by atoms with E-state index in [1.165, 1.54) is 5.56 Å². The van der Waals surface area contributed by atoms with Crippen molar-refractivity contribution >= 4 is 40.5 Å². The smallest absolute Gasteiger partial charge is 0.248 e. The van der Waals surface area contributed by atoms with Gasteiger partial charge in [-0.1, -0.05) is 5.16 Å². The van der Waals surface area contributed by atoms with Crippen LogP contribution in [0.4, 0.5) is 8.78 Å². The predicted molar refractivity (Wildman–Crippen MR) is 106 cm³/mol. The third kappa shape index (κ3) is 3.25. The topological polar surface area (TPSA) is 43.3 Å². The fourth-order valence-electron chi connectivity index (χ4n) is 3.90. The van der Waals surface area contributed by atoms with Gasteiger partial charge in [0.15, 0.2) is 0 Å². The number of allylic oxidation sites excluding steroid dienone is 1. The van der Waals surface area contributed by atoms with Crippen LogP contribution < -0.4 is 0 Å². The largest absolute Gasteiger partial charge is 0.361 e. The third-order valence-electron chi connectivity index (χ3n) is 5.14. The second kappa shape index (κ2) is 6.58. The van der Waals surface area contributed by atoms with Crippen LogP contribution >= 0.6 is 22.6 Å². The first-order valence-corrected chi connectivity index (χ1v) is 9.82. The summed E-state index contributed by atoms with van der Waals surface area (Å²) < 4.78 is 35.1. The molecule has 0 radical (unpaired) electrons. The van der Waals surface area contributed by atoms with Gasteiger partial charge in [0.2, 0.25) is 5.92 Å². The van der Waals surface area contributed by atoms with Gasteiger partial charge in [0.1, 0.15) is 5.76 Å². The molecule has 0 spiro atoms. The molecule has 2 aromatic rings. The number of halogens is 3. The van der Waals surface area contributed by atoms with Gasteiger partial charge in [-0.25, -0.2) is 8.78 Å². The summed E-state index contributed by atoms with van der Waals surface area (Å²) in [5.74, 6) is -1.69. The molecule has 2 aromatic heterocycles. The molecule has 0 bridgehead atoms. The minimum atomic E-state index is -2.48. The summed E-state index contributed by atoms with van der Waals surface area (Å²) >= 11 is 2.33. The lowest BCUT2D eigenvalue weighted by molar-refractivity contribution is -0.114. The summed E-state index contributed by atoms with van der Waals surface area (Å²) in [4.78, 5) is 4.53. The molecule has 1 aliphatic heterocycles. The lowest BCUT2D eigenvalue weighted by Gasteiger charge is -2.35. The Morgan fingerprint density at radius 2 is 2.12 bits per heavy atom. The Balaban J connectivity index is 1.74. The van der Waals surface area contributed by atoms with Crippen LogP contribution in [0.2, 0.25) is 0 Å². The fraction of sp³-hybridized carbons (Fsp3) is 0.474. The predicted octanol–water partition coefficient (Wildman–Crippen LogP) is 4.91. The molecule has 4 nitrogen and oxygen atoms in total. The van der Waals surface area contributed by atoms with E-state index in [0.29, 0.717) is 13.1 Å². The van der Waals surface area contributed by atoms with E-state index in [0.717, 1.165) is 38.3 Å². The summed E-state index contributed by atoms with van der Waals surface area (Å²) in [6, 6.07) is 0. The molecule has 0 saturated heterocycles. The molecule has 0 N–H and O–H groups in total. The number of aryl methyl sites for hydroxylation is 2. The van der Waals surface area contributed by atoms with Gasteiger partial charge in [-0.05, 0) is 60.4 Å². The average molecular weight is 471 g/mol. The molecular weight excluding hydrogens is 451 g/mol. The molecule has 7 heteroatoms. The molecule has 26 heavy (non-hydrogen) atoms. The Hall–Kier alpha value is -1.51. The Morgan fingerprint density at radius 3 is 2.77 bits per heavy atom. The molecule has 1 fully saturated rings. The number of hydrogen-bond acceptors (Lipinski definition) is 3. The van der Waals surface area contributed by atoms with E-state index in [-0.39, 0.29) is 18.8 Å². The molecular formula is C19H20F2IN3O. The maximum Gasteiger partial charge on any atom is 0.248 e. The van der Waals surface area contributed by atoms with Crippen molar-refractivity contribution in [2.24, 2.45) is 10.9 Å². The summed E-state index contributed by atoms with van der Waals surface area (Å²) in [6.45, 7) is 5.14. The highest BCUT2D eigenvalue weighted by molar-refractivity contribution is 14.1. The van der Waals surface area contributed by atoms with Crippen molar-refractivity contribution in [1.29, 1.82) is 0 Å². The molecule has 2 aliphatic rings. The van der Waals surface area contributed by atoms with Crippen LogP contribution in [-0.4, -0.2) is 28.4 Å². The van der Waals surface area contributed by atoms with Crippen molar-refractivity contribution in [3.05, 3.63) is 38.0 Å². The van der Waals surface area contributed by atoms with E-state index in [1.807, 2.05) is 20.1 Å². The molecule has 3 heterocycles. The van der Waals surface area contributed by atoms with Crippen molar-refractivity contribution < 1.29 is 13.3 Å². The number of alkyl halides is 2. The first kappa shape index (κ1) is 17.9. The molecule has 1 aliphatic carbocycles. The van der Waals surface area contributed by atoms with Gasteiger partial charge in [-0.2, -0.15) is 0 Å². The van der Waals surface area contributed by atoms with E-state index in [2.05, 4.69) is 49.6 Å². The second-order valence-corrected chi connectivity index (χ2v) is 8.37. The quantitative estimate of drug-likeness (QED) is 0.598. The number of aliphatic imine (C=N–C) groups is 1. The average Bonchev–Trinajstić information content (AvgIpc) is 2.97. The molecule has 0 amide bonds. The van der Waals surface area contributed by atoms with Gasteiger partial charge in [0, 0.05) is 58.7 Å². The van der Waals surface area contributed by atoms with E-state index in [4.69, 9.17) is 4.52 Å². The fourth-order valence-corrected chi connectivity index (χ4v) is 4.78. The van der Waals surface area contributed by atoms with Crippen LogP contribution in [0.1, 0.15) is 41.1 Å². The number of rotatable bonds is 3. The van der Waals surface area contributed by atoms with Crippen LogP contribution in [0.15, 0.2) is 15.7 Å². The van der Waals surface area contributed by atoms with Crippen molar-refractivity contribution in [3.8, 4) is 0 Å². The number of fused-ring (bicyclic) bond motifs is 1. The monoisotopic (exact) mass is 471 g/mol. The minimum absolute atomic E-state index is 0.0154. The molecule has 0 atom stereocenters. The number of aromatic nitrogens is 2. The Kier molecular flexibility index (Phi) is 4.53. The van der Waals surface area contributed by atoms with Gasteiger partial charge in [-0.15, -0.1) is 0 Å². The molecule has 138 valence electrons. The minimum Gasteiger partial charge on any atom is -0.361 e. The first-order chi connectivity index (χ1) is 12.3. The highest BCUT2D eigenvalue weighted by atomic mass is 127. The lowest BCUT2D eigenvalue weighted by atomic mass is 9.81. The summed E-state index contributed by atoms with van der Waals surface area (Å²) in [7, 11) is 0. The maximum atomic E-state index is 13.2. The van der Waals surface area contributed by atoms with Crippen LogP contribution in [0.25, 0.3) is 11.6 Å². The van der Waals surface area contributed by atoms with Crippen LogP contribution in [0.5, 0.6) is 0 Å². The summed E-state index contributed by atoms with van der Waals surface area (Å²) in [5, 5.41) is 4.05. The van der Waals surface area contributed by atoms with E-state index < -0.39 is 5.92 Å². The van der Waals surface area contributed by atoms with Crippen LogP contribution in [0.3, 0.4) is 0 Å². The zero-order valence-electron chi connectivity index (χ0n) is 14.7. The Labute approximate surface area is 164 Å². The third-order valence-corrected chi connectivity index (χ3v) is 6.07. The SMILES string of the molecule is Cc1noc(C)c1C1=Cc2c(c(I)cn2CC2CC(F)(F)C2)CCN=C1. The zero-order chi connectivity index (χ0) is 18.5. The number of nitrogens with zero attached hydrogens (tertiary/aromatic N) is 3. The lowest BCUT2D eigenvalue weighted by Crippen LogP contribution is -2.37. The van der Waals surface area contributed by atoms with E-state index in [1.54, 1.807) is 0 Å². The summed E-state index contributed by atoms with van der Waals surface area (Å²) in [5.41, 5.74) is 5.06. The molecule has 0 aromatic carbocycles. The van der Waals surface area contributed by atoms with E-state index in [9.17, 15) is 8.78 Å². The molecule has 1 saturated carbocycles. The van der Waals surface area contributed by atoms with Gasteiger partial charge >= 0.3 is 0 Å². The van der Waals surface area contributed by atoms with Crippen LogP contribution in [0, 0.1) is 23.3 Å². The van der Waals surface area contributed by atoms with Crippen LogP contribution in [-0.2, 0) is 13.0 Å². The Morgan fingerprint density at radius 1 is 1.35 bits per heavy atom. The van der Waals surface area contributed by atoms with Gasteiger partial charge in [0.25, 0.3) is 0 Å². The normalized spacial score (nSPS) is 19.5. The van der Waals surface area contributed by atoms with E-state index >= 15 is 0 Å². The number of hydrogen-bond donors (Lipinski definition) is 0. The zero-order valence-corrected chi connectivity index (χ0v) is 16.9. The van der Waals surface area contributed by atoms with Crippen molar-refractivity contribution in [1.82, 2.24) is 9.72 Å². The van der Waals surface area contributed by atoms with Gasteiger partial charge in [-0.3, -0.25) is 4.99 Å². The first-order valence-electron chi connectivity index (χ1n) is 8.74. The highest BCUT2D eigenvalue weighted by Gasteiger charge is 2.45. The van der Waals surface area contributed by atoms with Crippen molar-refractivity contribution in [2.45, 2.75) is 45.6 Å². The van der Waals surface area contributed by atoms with Crippen molar-refractivity contribution in [3.63, 3.8) is 0 Å². The van der Waals surface area contributed by atoms with Gasteiger partial charge < -0.3 is 9.09 Å². The summed E-state index contributed by atoms with van der Waals surface area (Å²) in [6.07, 6.45) is 6.87. The highest BCUT2D eigenvalue weighted by Crippen LogP contribution is 2.43. The molecule has 4 rings (SSSR count). The second-order valence-electron chi connectivity index (χ2n) is 7.21.